The summed E-state index contributed by atoms with van der Waals surface area (Å²) in [6.45, 7) is 3.48. The number of nitrogens with one attached hydrogen (secondary N) is 1. The molecule has 1 heterocycles. The molecule has 5 N–H and O–H groups in total. The van der Waals surface area contributed by atoms with Crippen molar-refractivity contribution < 1.29 is 33.0 Å². The smallest absolute Gasteiger partial charge is 0.325 e. The largest absolute Gasteiger partial charge is 0.494 e. The van der Waals surface area contributed by atoms with Crippen molar-refractivity contribution in [3.05, 3.63) is 70.5 Å². The lowest BCUT2D eigenvalue weighted by Crippen LogP contribution is -2.45. The zero-order valence-electron chi connectivity index (χ0n) is 20.6. The Morgan fingerprint density at radius 2 is 1.71 bits per heavy atom. The van der Waals surface area contributed by atoms with Crippen LogP contribution in [0.15, 0.2) is 48.5 Å². The van der Waals surface area contributed by atoms with Gasteiger partial charge in [0.2, 0.25) is 5.91 Å². The molecule has 0 radical (unpaired) electrons. The van der Waals surface area contributed by atoms with Gasteiger partial charge in [0.05, 0.1) is 18.9 Å². The SMILES string of the molecule is CCOC(=O)CNC(=O)C(c1ccc(F)cc1)N(C(=O)c1snc(C(N)=O)c1N)c1ccc(OCC)cc1. The Morgan fingerprint density at radius 3 is 2.26 bits per heavy atom. The minimum atomic E-state index is -1.39. The van der Waals surface area contributed by atoms with Crippen molar-refractivity contribution in [1.82, 2.24) is 9.69 Å². The Balaban J connectivity index is 2.15. The minimum Gasteiger partial charge on any atom is -0.494 e. The van der Waals surface area contributed by atoms with Crippen molar-refractivity contribution in [2.45, 2.75) is 19.9 Å². The third kappa shape index (κ3) is 6.42. The van der Waals surface area contributed by atoms with E-state index in [1.54, 1.807) is 31.2 Å². The topological polar surface area (TPSA) is 167 Å². The molecule has 38 heavy (non-hydrogen) atoms. The molecule has 1 atom stereocenters. The lowest BCUT2D eigenvalue weighted by atomic mass is 10.0. The van der Waals surface area contributed by atoms with E-state index < -0.39 is 42.1 Å². The number of amides is 3. The summed E-state index contributed by atoms with van der Waals surface area (Å²) in [6, 6.07) is 9.84. The van der Waals surface area contributed by atoms with Crippen LogP contribution in [0, 0.1) is 5.82 Å². The molecule has 11 nitrogen and oxygen atoms in total. The summed E-state index contributed by atoms with van der Waals surface area (Å²) in [7, 11) is 0. The fourth-order valence-electron chi connectivity index (χ4n) is 3.52. The number of nitrogens with zero attached hydrogens (tertiary/aromatic N) is 2. The molecule has 0 aliphatic carbocycles. The number of hydrogen-bond donors (Lipinski definition) is 3. The molecular formula is C25H26FN5O6S. The summed E-state index contributed by atoms with van der Waals surface area (Å²) in [5, 5.41) is 2.46. The van der Waals surface area contributed by atoms with Crippen molar-refractivity contribution in [3.63, 3.8) is 0 Å². The van der Waals surface area contributed by atoms with Crippen LogP contribution in [-0.2, 0) is 14.3 Å². The lowest BCUT2D eigenvalue weighted by Gasteiger charge is -2.31. The fraction of sp³-hybridized carbons (Fsp3) is 0.240. The van der Waals surface area contributed by atoms with Gasteiger partial charge in [-0.15, -0.1) is 0 Å². The van der Waals surface area contributed by atoms with Crippen LogP contribution in [-0.4, -0.2) is 47.8 Å². The molecule has 1 unspecified atom stereocenters. The number of halogens is 1. The van der Waals surface area contributed by atoms with Gasteiger partial charge in [0.25, 0.3) is 11.8 Å². The second-order valence-electron chi connectivity index (χ2n) is 7.72. The zero-order valence-corrected chi connectivity index (χ0v) is 21.4. The van der Waals surface area contributed by atoms with E-state index >= 15 is 0 Å². The van der Waals surface area contributed by atoms with E-state index in [0.29, 0.717) is 23.9 Å². The normalized spacial score (nSPS) is 11.3. The first-order valence-corrected chi connectivity index (χ1v) is 12.2. The Hall–Kier alpha value is -4.52. The summed E-state index contributed by atoms with van der Waals surface area (Å²) in [5.74, 6) is -3.19. The summed E-state index contributed by atoms with van der Waals surface area (Å²) in [6.07, 6.45) is 0. The van der Waals surface area contributed by atoms with Crippen molar-refractivity contribution in [2.24, 2.45) is 5.73 Å². The quantitative estimate of drug-likeness (QED) is 0.310. The number of hydrogen-bond acceptors (Lipinski definition) is 9. The highest BCUT2D eigenvalue weighted by Gasteiger charge is 2.36. The maximum Gasteiger partial charge on any atom is 0.325 e. The first-order valence-electron chi connectivity index (χ1n) is 11.5. The maximum absolute atomic E-state index is 13.9. The molecule has 1 aromatic heterocycles. The molecule has 0 aliphatic heterocycles. The number of aromatic nitrogens is 1. The lowest BCUT2D eigenvalue weighted by molar-refractivity contribution is -0.143. The number of benzene rings is 2. The highest BCUT2D eigenvalue weighted by atomic mass is 32.1. The molecule has 13 heteroatoms. The summed E-state index contributed by atoms with van der Waals surface area (Å²) in [5.41, 5.74) is 11.3. The Kier molecular flexibility index (Phi) is 9.33. The van der Waals surface area contributed by atoms with Crippen molar-refractivity contribution in [3.8, 4) is 5.75 Å². The number of nitrogens with two attached hydrogens (primary N) is 2. The number of carbonyl (C=O) groups excluding carboxylic acids is 4. The molecule has 2 aromatic carbocycles. The molecule has 0 saturated carbocycles. The van der Waals surface area contributed by atoms with Gasteiger partial charge in [0, 0.05) is 5.69 Å². The number of rotatable bonds is 11. The molecule has 0 fully saturated rings. The van der Waals surface area contributed by atoms with Gasteiger partial charge in [-0.3, -0.25) is 24.1 Å². The van der Waals surface area contributed by atoms with Crippen LogP contribution < -0.4 is 26.4 Å². The van der Waals surface area contributed by atoms with E-state index in [1.807, 2.05) is 6.92 Å². The van der Waals surface area contributed by atoms with E-state index in [-0.39, 0.29) is 34.1 Å². The third-order valence-corrected chi connectivity index (χ3v) is 6.06. The number of primary amides is 1. The van der Waals surface area contributed by atoms with Crippen LogP contribution in [0.5, 0.6) is 5.75 Å². The highest BCUT2D eigenvalue weighted by Crippen LogP contribution is 2.34. The fourth-order valence-corrected chi connectivity index (χ4v) is 4.26. The van der Waals surface area contributed by atoms with Crippen LogP contribution in [0.4, 0.5) is 15.8 Å². The number of carbonyl (C=O) groups is 4. The van der Waals surface area contributed by atoms with E-state index in [0.717, 1.165) is 17.0 Å². The van der Waals surface area contributed by atoms with Crippen LogP contribution in [0.1, 0.15) is 45.6 Å². The van der Waals surface area contributed by atoms with E-state index in [1.165, 1.54) is 12.1 Å². The first kappa shape index (κ1) is 28.1. The monoisotopic (exact) mass is 543 g/mol. The van der Waals surface area contributed by atoms with Crippen LogP contribution in [0.2, 0.25) is 0 Å². The molecule has 0 spiro atoms. The molecule has 0 saturated heterocycles. The average molecular weight is 544 g/mol. The third-order valence-electron chi connectivity index (χ3n) is 5.20. The van der Waals surface area contributed by atoms with Crippen LogP contribution in [0.25, 0.3) is 0 Å². The van der Waals surface area contributed by atoms with Gasteiger partial charge in [-0.2, -0.15) is 4.37 Å². The van der Waals surface area contributed by atoms with E-state index in [2.05, 4.69) is 9.69 Å². The van der Waals surface area contributed by atoms with Gasteiger partial charge < -0.3 is 26.3 Å². The highest BCUT2D eigenvalue weighted by molar-refractivity contribution is 7.09. The van der Waals surface area contributed by atoms with Crippen LogP contribution in [0.3, 0.4) is 0 Å². The van der Waals surface area contributed by atoms with Gasteiger partial charge in [0.15, 0.2) is 5.69 Å². The second kappa shape index (κ2) is 12.6. The predicted octanol–water partition coefficient (Wildman–Crippen LogP) is 2.43. The number of nitrogen functional groups attached to an aromatic ring is 1. The molecular weight excluding hydrogens is 517 g/mol. The molecule has 0 bridgehead atoms. The maximum atomic E-state index is 13.9. The molecule has 3 aromatic rings. The molecule has 200 valence electrons. The average Bonchev–Trinajstić information content (AvgIpc) is 3.29. The number of esters is 1. The summed E-state index contributed by atoms with van der Waals surface area (Å²) < 4.78 is 28.0. The van der Waals surface area contributed by atoms with Crippen molar-refractivity contribution in [1.29, 1.82) is 0 Å². The Labute approximate surface area is 221 Å². The second-order valence-corrected chi connectivity index (χ2v) is 8.49. The van der Waals surface area contributed by atoms with Crippen molar-refractivity contribution >= 4 is 46.6 Å². The van der Waals surface area contributed by atoms with Gasteiger partial charge in [-0.05, 0) is 67.3 Å². The number of anilines is 2. The predicted molar refractivity (Wildman–Crippen MR) is 138 cm³/mol. The van der Waals surface area contributed by atoms with E-state index in [9.17, 15) is 23.6 Å². The Morgan fingerprint density at radius 1 is 1.05 bits per heavy atom. The minimum absolute atomic E-state index is 0.111. The number of ether oxygens (including phenoxy) is 2. The van der Waals surface area contributed by atoms with Gasteiger partial charge >= 0.3 is 5.97 Å². The zero-order chi connectivity index (χ0) is 27.8. The van der Waals surface area contributed by atoms with Crippen molar-refractivity contribution in [2.75, 3.05) is 30.4 Å². The molecule has 3 rings (SSSR count). The molecule has 3 amide bonds. The van der Waals surface area contributed by atoms with Crippen LogP contribution >= 0.6 is 11.5 Å². The van der Waals surface area contributed by atoms with Gasteiger partial charge in [-0.1, -0.05) is 12.1 Å². The Bertz CT molecular complexity index is 1310. The van der Waals surface area contributed by atoms with Gasteiger partial charge in [0.1, 0.15) is 29.0 Å². The van der Waals surface area contributed by atoms with E-state index in [4.69, 9.17) is 20.9 Å². The van der Waals surface area contributed by atoms with Gasteiger partial charge in [-0.25, -0.2) is 4.39 Å². The standard InChI is InChI=1S/C25H26FN5O6S/c1-3-36-17-11-9-16(10-12-17)31(25(35)22-19(27)20(23(28)33)30-38-22)21(14-5-7-15(26)8-6-14)24(34)29-13-18(32)37-4-2/h5-12,21H,3-4,13,27H2,1-2H3,(H2,28,33)(H,29,34). The summed E-state index contributed by atoms with van der Waals surface area (Å²) in [4.78, 5) is 52.0. The summed E-state index contributed by atoms with van der Waals surface area (Å²) >= 11 is 0.641. The first-order chi connectivity index (χ1) is 18.2. The molecule has 0 aliphatic rings.